The molecule has 2 amide bonds. The number of aliphatic hydroxyl groups is 2. The van der Waals surface area contributed by atoms with Gasteiger partial charge >= 0.3 is 5.97 Å². The van der Waals surface area contributed by atoms with Crippen molar-refractivity contribution in [2.75, 3.05) is 13.2 Å². The summed E-state index contributed by atoms with van der Waals surface area (Å²) in [6.45, 7) is 0.217. The van der Waals surface area contributed by atoms with E-state index in [1.54, 1.807) is 24.3 Å². The fourth-order valence-corrected chi connectivity index (χ4v) is 1.91. The highest BCUT2D eigenvalue weighted by molar-refractivity contribution is 5.91. The van der Waals surface area contributed by atoms with Gasteiger partial charge in [0.05, 0.1) is 19.3 Å². The quantitative estimate of drug-likeness (QED) is 0.338. The predicted octanol–water partition coefficient (Wildman–Crippen LogP) is -1.33. The molecule has 1 aromatic rings. The van der Waals surface area contributed by atoms with Crippen molar-refractivity contribution in [3.8, 4) is 0 Å². The Morgan fingerprint density at radius 1 is 1.19 bits per heavy atom. The van der Waals surface area contributed by atoms with Gasteiger partial charge in [0.15, 0.2) is 6.04 Å². The number of hydrogen-bond acceptors (Lipinski definition) is 7. The molecule has 146 valence electrons. The highest BCUT2D eigenvalue weighted by Gasteiger charge is 2.29. The minimum absolute atomic E-state index is 0. The molecule has 0 spiro atoms. The first-order chi connectivity index (χ1) is 11.9. The van der Waals surface area contributed by atoms with Gasteiger partial charge in [-0.15, -0.1) is 0 Å². The highest BCUT2D eigenvalue weighted by Crippen LogP contribution is 2.02. The molecule has 1 rings (SSSR count). The molecule has 1 aromatic carbocycles. The van der Waals surface area contributed by atoms with Gasteiger partial charge in [-0.3, -0.25) is 9.59 Å². The van der Waals surface area contributed by atoms with Crippen LogP contribution in [0.15, 0.2) is 30.3 Å². The number of amides is 2. The first kappa shape index (κ1) is 23.5. The van der Waals surface area contributed by atoms with Gasteiger partial charge in [-0.2, -0.15) is 0 Å². The van der Waals surface area contributed by atoms with Crippen molar-refractivity contribution in [2.45, 2.75) is 39.1 Å². The molecular weight excluding hydrogens is 342 g/mol. The largest absolute Gasteiger partial charge is 0.459 e. The number of carbonyl (C=O) groups excluding carboxylic acids is 3. The summed E-state index contributed by atoms with van der Waals surface area (Å²) < 4.78 is 5.04. The minimum Gasteiger partial charge on any atom is -0.459 e. The van der Waals surface area contributed by atoms with Crippen LogP contribution >= 0.6 is 0 Å². The van der Waals surface area contributed by atoms with E-state index in [2.05, 4.69) is 10.6 Å². The molecule has 0 aliphatic carbocycles. The van der Waals surface area contributed by atoms with Crippen molar-refractivity contribution in [1.29, 1.82) is 0 Å². The van der Waals surface area contributed by atoms with Gasteiger partial charge in [-0.25, -0.2) is 4.79 Å². The number of hydrogen-bond donors (Lipinski definition) is 5. The molecule has 0 saturated heterocycles. The summed E-state index contributed by atoms with van der Waals surface area (Å²) in [6.07, 6.45) is -1.23. The van der Waals surface area contributed by atoms with Gasteiger partial charge in [0.25, 0.3) is 0 Å². The zero-order valence-corrected chi connectivity index (χ0v) is 13.8. The number of esters is 1. The van der Waals surface area contributed by atoms with Crippen molar-refractivity contribution in [3.63, 3.8) is 0 Å². The summed E-state index contributed by atoms with van der Waals surface area (Å²) in [5, 5.41) is 23.4. The Labute approximate surface area is 152 Å². The second-order valence-electron chi connectivity index (χ2n) is 5.33. The molecule has 0 aromatic heterocycles. The van der Waals surface area contributed by atoms with Crippen LogP contribution in [0.25, 0.3) is 0 Å². The molecule has 9 heteroatoms. The van der Waals surface area contributed by atoms with Crippen LogP contribution in [0, 0.1) is 0 Å². The summed E-state index contributed by atoms with van der Waals surface area (Å²) in [4.78, 5) is 35.4. The molecule has 6 N–H and O–H groups in total. The van der Waals surface area contributed by atoms with Gasteiger partial charge in [-0.1, -0.05) is 37.8 Å². The number of aliphatic hydroxyl groups excluding tert-OH is 2. The molecule has 0 fully saturated rings. The van der Waals surface area contributed by atoms with Crippen molar-refractivity contribution in [1.82, 2.24) is 10.6 Å². The number of nitrogens with two attached hydrogens (primary N) is 1. The molecule has 9 nitrogen and oxygen atoms in total. The number of nitrogens with one attached hydrogen (secondary N) is 2. The highest BCUT2D eigenvalue weighted by atomic mass is 16.5. The molecule has 0 radical (unpaired) electrons. The Bertz CT molecular complexity index is 579. The predicted molar refractivity (Wildman–Crippen MR) is 94.7 cm³/mol. The van der Waals surface area contributed by atoms with Crippen LogP contribution in [0.1, 0.15) is 19.9 Å². The SMILES string of the molecule is C.C[C@H](O)[C@H](NC(=O)CN)C(=O)N[C@@H](CO)C(=O)OCc1ccccc1. The van der Waals surface area contributed by atoms with E-state index in [4.69, 9.17) is 10.5 Å². The third-order valence-electron chi connectivity index (χ3n) is 3.27. The second kappa shape index (κ2) is 12.0. The van der Waals surface area contributed by atoms with E-state index >= 15 is 0 Å². The van der Waals surface area contributed by atoms with Gasteiger partial charge in [0.2, 0.25) is 11.8 Å². The van der Waals surface area contributed by atoms with Crippen molar-refractivity contribution in [3.05, 3.63) is 35.9 Å². The van der Waals surface area contributed by atoms with E-state index in [-0.39, 0.29) is 20.6 Å². The number of rotatable bonds is 9. The van der Waals surface area contributed by atoms with Crippen LogP contribution in [0.2, 0.25) is 0 Å². The van der Waals surface area contributed by atoms with E-state index < -0.39 is 42.6 Å². The van der Waals surface area contributed by atoms with Gasteiger partial charge in [0.1, 0.15) is 12.6 Å². The van der Waals surface area contributed by atoms with Crippen molar-refractivity contribution in [2.24, 2.45) is 5.73 Å². The van der Waals surface area contributed by atoms with Crippen LogP contribution in [-0.4, -0.2) is 59.3 Å². The lowest BCUT2D eigenvalue weighted by molar-refractivity contribution is -0.150. The average Bonchev–Trinajstić information content (AvgIpc) is 2.62. The molecule has 0 aliphatic heterocycles. The van der Waals surface area contributed by atoms with Crippen LogP contribution < -0.4 is 16.4 Å². The zero-order chi connectivity index (χ0) is 18.8. The van der Waals surface area contributed by atoms with Gasteiger partial charge in [-0.05, 0) is 12.5 Å². The number of carbonyl (C=O) groups is 3. The Morgan fingerprint density at radius 2 is 1.81 bits per heavy atom. The summed E-state index contributed by atoms with van der Waals surface area (Å²) >= 11 is 0. The maximum atomic E-state index is 12.1. The van der Waals surface area contributed by atoms with Gasteiger partial charge < -0.3 is 31.3 Å². The summed E-state index contributed by atoms with van der Waals surface area (Å²) in [7, 11) is 0. The Balaban J connectivity index is 0.00000625. The molecule has 0 bridgehead atoms. The monoisotopic (exact) mass is 369 g/mol. The summed E-state index contributed by atoms with van der Waals surface area (Å²) in [5.74, 6) is -2.32. The molecule has 3 atom stereocenters. The van der Waals surface area contributed by atoms with Crippen molar-refractivity contribution >= 4 is 17.8 Å². The van der Waals surface area contributed by atoms with Crippen LogP contribution in [0.4, 0.5) is 0 Å². The second-order valence-corrected chi connectivity index (χ2v) is 5.33. The molecule has 0 heterocycles. The first-order valence-electron chi connectivity index (χ1n) is 7.68. The zero-order valence-electron chi connectivity index (χ0n) is 13.8. The number of ether oxygens (including phenoxy) is 1. The van der Waals surface area contributed by atoms with E-state index in [0.29, 0.717) is 0 Å². The fourth-order valence-electron chi connectivity index (χ4n) is 1.91. The standard InChI is InChI=1S/C16H23N3O6.CH4/c1-10(21)14(19-13(22)7-17)15(23)18-12(8-20)16(24)25-9-11-5-3-2-4-6-11;/h2-6,10,12,14,20-21H,7-9,17H2,1H3,(H,18,23)(H,19,22);1H4/t10-,12-,14-;/m0./s1. The molecule has 26 heavy (non-hydrogen) atoms. The lowest BCUT2D eigenvalue weighted by Gasteiger charge is -2.23. The Morgan fingerprint density at radius 3 is 2.31 bits per heavy atom. The Hall–Kier alpha value is -2.49. The average molecular weight is 369 g/mol. The summed E-state index contributed by atoms with van der Waals surface area (Å²) in [5.41, 5.74) is 5.90. The lowest BCUT2D eigenvalue weighted by atomic mass is 10.1. The van der Waals surface area contributed by atoms with E-state index in [9.17, 15) is 24.6 Å². The maximum Gasteiger partial charge on any atom is 0.331 e. The van der Waals surface area contributed by atoms with Crippen LogP contribution in [0.3, 0.4) is 0 Å². The topological polar surface area (TPSA) is 151 Å². The first-order valence-corrected chi connectivity index (χ1v) is 7.68. The van der Waals surface area contributed by atoms with Gasteiger partial charge in [0, 0.05) is 0 Å². The smallest absolute Gasteiger partial charge is 0.331 e. The van der Waals surface area contributed by atoms with E-state index in [0.717, 1.165) is 5.56 Å². The maximum absolute atomic E-state index is 12.1. The molecule has 0 saturated carbocycles. The van der Waals surface area contributed by atoms with E-state index in [1.165, 1.54) is 6.92 Å². The minimum atomic E-state index is -1.33. The van der Waals surface area contributed by atoms with Crippen LogP contribution in [0.5, 0.6) is 0 Å². The molecule has 0 aliphatic rings. The lowest BCUT2D eigenvalue weighted by Crippen LogP contribution is -2.57. The normalized spacial score (nSPS) is 13.5. The van der Waals surface area contributed by atoms with Crippen molar-refractivity contribution < 1.29 is 29.3 Å². The molecular formula is C17H27N3O6. The fraction of sp³-hybridized carbons (Fsp3) is 0.471. The Kier molecular flexibility index (Phi) is 10.8. The third kappa shape index (κ3) is 7.60. The van der Waals surface area contributed by atoms with Crippen LogP contribution in [-0.2, 0) is 25.7 Å². The third-order valence-corrected chi connectivity index (χ3v) is 3.27. The van der Waals surface area contributed by atoms with E-state index in [1.807, 2.05) is 6.07 Å². The molecule has 0 unspecified atom stereocenters. The number of benzene rings is 1. The summed E-state index contributed by atoms with van der Waals surface area (Å²) in [6, 6.07) is 6.24.